The van der Waals surface area contributed by atoms with Gasteiger partial charge in [0.25, 0.3) is 0 Å². The van der Waals surface area contributed by atoms with E-state index in [4.69, 9.17) is 0 Å². The predicted octanol–water partition coefficient (Wildman–Crippen LogP) is 4.21. The van der Waals surface area contributed by atoms with E-state index in [-0.39, 0.29) is 11.8 Å². The van der Waals surface area contributed by atoms with E-state index in [0.717, 1.165) is 30.6 Å². The molecule has 3 aliphatic carbocycles. The highest BCUT2D eigenvalue weighted by molar-refractivity contribution is 5.92. The molecule has 2 heterocycles. The average molecular weight is 336 g/mol. The maximum absolute atomic E-state index is 12.0. The Morgan fingerprint density at radius 1 is 1.20 bits per heavy atom. The number of pyridine rings is 1. The molecule has 5 nitrogen and oxygen atoms in total. The number of aromatic nitrogens is 3. The summed E-state index contributed by atoms with van der Waals surface area (Å²) in [5.41, 5.74) is 3.85. The van der Waals surface area contributed by atoms with Gasteiger partial charge in [0.05, 0.1) is 5.69 Å². The molecule has 1 spiro atoms. The van der Waals surface area contributed by atoms with Crippen molar-refractivity contribution < 1.29 is 4.79 Å². The number of nitrogens with zero attached hydrogens (tertiary/aromatic N) is 3. The van der Waals surface area contributed by atoms with Gasteiger partial charge >= 0.3 is 0 Å². The maximum Gasteiger partial charge on any atom is 0.249 e. The number of hydrogen-bond donors (Lipinski definition) is 1. The lowest BCUT2D eigenvalue weighted by molar-refractivity contribution is -0.117. The van der Waals surface area contributed by atoms with Crippen molar-refractivity contribution in [2.24, 2.45) is 11.3 Å². The van der Waals surface area contributed by atoms with Crippen LogP contribution in [-0.2, 0) is 4.79 Å². The minimum Gasteiger partial charge on any atom is -0.293 e. The van der Waals surface area contributed by atoms with Crippen molar-refractivity contribution >= 4 is 23.1 Å². The maximum atomic E-state index is 12.0. The minimum absolute atomic E-state index is 0.0533. The first kappa shape index (κ1) is 15.1. The molecule has 1 amide bonds. The number of fused-ring (bicyclic) bond motifs is 1. The number of nitrogens with one attached hydrogen (secondary N) is 1. The van der Waals surface area contributed by atoms with Gasteiger partial charge in [-0.15, -0.1) is 5.10 Å². The quantitative estimate of drug-likeness (QED) is 0.913. The molecule has 0 aliphatic heterocycles. The molecule has 2 aromatic rings. The van der Waals surface area contributed by atoms with E-state index < -0.39 is 0 Å². The number of carbonyl (C=O) groups excluding carboxylic acids is 1. The van der Waals surface area contributed by atoms with Gasteiger partial charge < -0.3 is 0 Å². The molecule has 3 aliphatic rings. The molecule has 5 rings (SSSR count). The highest BCUT2D eigenvalue weighted by Crippen LogP contribution is 2.49. The second-order valence-corrected chi connectivity index (χ2v) is 8.02. The van der Waals surface area contributed by atoms with Gasteiger partial charge in [-0.1, -0.05) is 25.0 Å². The minimum atomic E-state index is 0.0533. The van der Waals surface area contributed by atoms with Gasteiger partial charge in [0.15, 0.2) is 5.65 Å². The molecule has 0 saturated heterocycles. The summed E-state index contributed by atoms with van der Waals surface area (Å²) < 4.78 is 1.89. The molecule has 2 saturated carbocycles. The van der Waals surface area contributed by atoms with E-state index in [1.807, 2.05) is 16.6 Å². The molecule has 25 heavy (non-hydrogen) atoms. The number of allylic oxidation sites excluding steroid dienone is 2. The normalized spacial score (nSPS) is 22.3. The molecule has 0 unspecified atom stereocenters. The molecule has 1 N–H and O–H groups in total. The van der Waals surface area contributed by atoms with Crippen LogP contribution in [0.1, 0.15) is 63.5 Å². The molecule has 0 radical (unpaired) electrons. The van der Waals surface area contributed by atoms with Crippen LogP contribution >= 0.6 is 0 Å². The van der Waals surface area contributed by atoms with Gasteiger partial charge in [-0.05, 0) is 68.1 Å². The number of anilines is 1. The van der Waals surface area contributed by atoms with Crippen molar-refractivity contribution in [1.29, 1.82) is 0 Å². The van der Waals surface area contributed by atoms with E-state index >= 15 is 0 Å². The molecule has 0 bridgehead atoms. The number of hydrogen-bond acceptors (Lipinski definition) is 3. The van der Waals surface area contributed by atoms with Crippen molar-refractivity contribution in [2.45, 2.75) is 57.8 Å². The molecule has 5 heteroatoms. The second-order valence-electron chi connectivity index (χ2n) is 8.02. The summed E-state index contributed by atoms with van der Waals surface area (Å²) in [6.45, 7) is 0. The molecule has 0 atom stereocenters. The largest absolute Gasteiger partial charge is 0.293 e. The summed E-state index contributed by atoms with van der Waals surface area (Å²) in [5, 5.41) is 7.42. The molecule has 2 fully saturated rings. The Hall–Kier alpha value is -2.17. The third kappa shape index (κ3) is 2.75. The van der Waals surface area contributed by atoms with Gasteiger partial charge in [-0.3, -0.25) is 10.1 Å². The monoisotopic (exact) mass is 336 g/mol. The zero-order chi connectivity index (χ0) is 16.9. The Balaban J connectivity index is 1.44. The molecule has 2 aromatic heterocycles. The standard InChI is InChI=1S/C20H24N4O/c25-18(15-6-7-15)22-19-21-17-5-3-4-16(24(17)23-19)14-8-12-20(13-9-14)10-1-2-11-20/h3-5,8,15H,1-2,6-7,9-13H2,(H,22,23,25). The molecular weight excluding hydrogens is 312 g/mol. The van der Waals surface area contributed by atoms with E-state index in [0.29, 0.717) is 11.4 Å². The number of rotatable bonds is 3. The highest BCUT2D eigenvalue weighted by Gasteiger charge is 2.35. The molecular formula is C20H24N4O. The number of amides is 1. The van der Waals surface area contributed by atoms with Crippen LogP contribution in [0, 0.1) is 11.3 Å². The van der Waals surface area contributed by atoms with Crippen LogP contribution in [-0.4, -0.2) is 20.5 Å². The van der Waals surface area contributed by atoms with Gasteiger partial charge in [0, 0.05) is 5.92 Å². The van der Waals surface area contributed by atoms with Crippen LogP contribution in [0.3, 0.4) is 0 Å². The van der Waals surface area contributed by atoms with Crippen LogP contribution in [0.5, 0.6) is 0 Å². The summed E-state index contributed by atoms with van der Waals surface area (Å²) in [4.78, 5) is 16.5. The van der Waals surface area contributed by atoms with Crippen LogP contribution in [0.15, 0.2) is 24.3 Å². The van der Waals surface area contributed by atoms with Gasteiger partial charge in [-0.25, -0.2) is 4.52 Å². The second kappa shape index (κ2) is 5.68. The van der Waals surface area contributed by atoms with Gasteiger partial charge in [-0.2, -0.15) is 4.98 Å². The SMILES string of the molecule is O=C(Nc1nc2cccc(C3=CCC4(CCCC4)CC3)n2n1)C1CC1. The first-order chi connectivity index (χ1) is 12.2. The van der Waals surface area contributed by atoms with Gasteiger partial charge in [0.2, 0.25) is 11.9 Å². The van der Waals surface area contributed by atoms with Crippen molar-refractivity contribution in [3.63, 3.8) is 0 Å². The highest BCUT2D eigenvalue weighted by atomic mass is 16.2. The summed E-state index contributed by atoms with van der Waals surface area (Å²) in [7, 11) is 0. The first-order valence-electron chi connectivity index (χ1n) is 9.59. The molecule has 0 aromatic carbocycles. The molecule has 130 valence electrons. The van der Waals surface area contributed by atoms with Crippen molar-refractivity contribution in [3.05, 3.63) is 30.0 Å². The Morgan fingerprint density at radius 3 is 2.76 bits per heavy atom. The Labute approximate surface area is 147 Å². The lowest BCUT2D eigenvalue weighted by atomic mass is 9.73. The van der Waals surface area contributed by atoms with Gasteiger partial charge in [0.1, 0.15) is 0 Å². The fourth-order valence-electron chi connectivity index (χ4n) is 4.51. The average Bonchev–Trinajstić information content (AvgIpc) is 3.26. The number of carbonyl (C=O) groups is 1. The van der Waals surface area contributed by atoms with Crippen LogP contribution in [0.2, 0.25) is 0 Å². The van der Waals surface area contributed by atoms with E-state index in [9.17, 15) is 4.79 Å². The fourth-order valence-corrected chi connectivity index (χ4v) is 4.51. The van der Waals surface area contributed by atoms with Crippen molar-refractivity contribution in [1.82, 2.24) is 14.6 Å². The lowest BCUT2D eigenvalue weighted by Crippen LogP contribution is -2.19. The summed E-state index contributed by atoms with van der Waals surface area (Å²) in [6, 6.07) is 6.10. The smallest absolute Gasteiger partial charge is 0.249 e. The van der Waals surface area contributed by atoms with E-state index in [1.165, 1.54) is 44.1 Å². The van der Waals surface area contributed by atoms with Crippen LogP contribution < -0.4 is 5.32 Å². The Bertz CT molecular complexity index is 856. The Kier molecular flexibility index (Phi) is 3.43. The lowest BCUT2D eigenvalue weighted by Gasteiger charge is -2.32. The van der Waals surface area contributed by atoms with Crippen LogP contribution in [0.4, 0.5) is 5.95 Å². The fraction of sp³-hybridized carbons (Fsp3) is 0.550. The summed E-state index contributed by atoms with van der Waals surface area (Å²) in [6.07, 6.45) is 13.6. The predicted molar refractivity (Wildman–Crippen MR) is 97.1 cm³/mol. The van der Waals surface area contributed by atoms with Crippen molar-refractivity contribution in [2.75, 3.05) is 5.32 Å². The topological polar surface area (TPSA) is 59.3 Å². The van der Waals surface area contributed by atoms with E-state index in [1.54, 1.807) is 0 Å². The Morgan fingerprint density at radius 2 is 2.04 bits per heavy atom. The third-order valence-corrected chi connectivity index (χ3v) is 6.24. The first-order valence-corrected chi connectivity index (χ1v) is 9.59. The van der Waals surface area contributed by atoms with E-state index in [2.05, 4.69) is 27.5 Å². The summed E-state index contributed by atoms with van der Waals surface area (Å²) >= 11 is 0. The third-order valence-electron chi connectivity index (χ3n) is 6.24. The zero-order valence-electron chi connectivity index (χ0n) is 14.5. The summed E-state index contributed by atoms with van der Waals surface area (Å²) in [5.74, 6) is 0.639. The zero-order valence-corrected chi connectivity index (χ0v) is 14.5. The van der Waals surface area contributed by atoms with Crippen molar-refractivity contribution in [3.8, 4) is 0 Å². The van der Waals surface area contributed by atoms with Crippen LogP contribution in [0.25, 0.3) is 11.2 Å².